The Balaban J connectivity index is 1.91. The molecule has 0 unspecified atom stereocenters. The fraction of sp³-hybridized carbons (Fsp3) is 0.471. The second kappa shape index (κ2) is 7.84. The molecular formula is C17H23NO3. The fourth-order valence-corrected chi connectivity index (χ4v) is 2.38. The molecule has 1 aromatic heterocycles. The molecular weight excluding hydrogens is 266 g/mol. The molecule has 4 heteroatoms. The van der Waals surface area contributed by atoms with Crippen molar-refractivity contribution in [2.24, 2.45) is 0 Å². The highest BCUT2D eigenvalue weighted by atomic mass is 16.5. The van der Waals surface area contributed by atoms with Gasteiger partial charge in [0.15, 0.2) is 5.43 Å². The van der Waals surface area contributed by atoms with Gasteiger partial charge >= 0.3 is 0 Å². The summed E-state index contributed by atoms with van der Waals surface area (Å²) < 4.78 is 11.1. The smallest absolute Gasteiger partial charge is 0.196 e. The molecule has 0 radical (unpaired) electrons. The molecule has 4 nitrogen and oxygen atoms in total. The molecule has 0 N–H and O–H groups in total. The predicted octanol–water partition coefficient (Wildman–Crippen LogP) is 3.29. The number of hydrogen-bond acceptors (Lipinski definition) is 4. The standard InChI is InChI=1S/C17H23NO3/c1-3-18(4-2)11-5-6-12-20-15-8-7-9-16-17(15)14(19)10-13-21-16/h7-10,13H,3-6,11-12H2,1-2H3. The number of benzene rings is 1. The number of ether oxygens (including phenoxy) is 1. The summed E-state index contributed by atoms with van der Waals surface area (Å²) in [5.41, 5.74) is 0.512. The molecule has 1 aromatic carbocycles. The third-order valence-corrected chi connectivity index (χ3v) is 3.67. The van der Waals surface area contributed by atoms with Gasteiger partial charge in [-0.1, -0.05) is 19.9 Å². The summed E-state index contributed by atoms with van der Waals surface area (Å²) in [6.45, 7) is 8.23. The number of nitrogens with zero attached hydrogens (tertiary/aromatic N) is 1. The van der Waals surface area contributed by atoms with Crippen LogP contribution >= 0.6 is 0 Å². The number of unbranched alkanes of at least 4 members (excludes halogenated alkanes) is 1. The average molecular weight is 289 g/mol. The zero-order valence-electron chi connectivity index (χ0n) is 12.8. The molecule has 0 atom stereocenters. The number of hydrogen-bond donors (Lipinski definition) is 0. The predicted molar refractivity (Wildman–Crippen MR) is 85.0 cm³/mol. The largest absolute Gasteiger partial charge is 0.493 e. The van der Waals surface area contributed by atoms with Crippen LogP contribution in [0.1, 0.15) is 26.7 Å². The average Bonchev–Trinajstić information content (AvgIpc) is 2.51. The van der Waals surface area contributed by atoms with E-state index in [9.17, 15) is 4.79 Å². The van der Waals surface area contributed by atoms with Crippen LogP contribution in [0.2, 0.25) is 0 Å². The molecule has 0 aliphatic heterocycles. The topological polar surface area (TPSA) is 42.7 Å². The van der Waals surface area contributed by atoms with Crippen LogP contribution in [-0.4, -0.2) is 31.1 Å². The van der Waals surface area contributed by atoms with E-state index >= 15 is 0 Å². The summed E-state index contributed by atoms with van der Waals surface area (Å²) in [5, 5.41) is 0.531. The third kappa shape index (κ3) is 4.08. The molecule has 0 bridgehead atoms. The summed E-state index contributed by atoms with van der Waals surface area (Å²) in [5.74, 6) is 0.615. The quantitative estimate of drug-likeness (QED) is 0.699. The molecule has 0 aliphatic carbocycles. The third-order valence-electron chi connectivity index (χ3n) is 3.67. The Morgan fingerprint density at radius 2 is 1.95 bits per heavy atom. The van der Waals surface area contributed by atoms with Crippen molar-refractivity contribution in [2.75, 3.05) is 26.2 Å². The van der Waals surface area contributed by atoms with E-state index in [1.54, 1.807) is 6.07 Å². The van der Waals surface area contributed by atoms with Gasteiger partial charge in [0.05, 0.1) is 12.9 Å². The summed E-state index contributed by atoms with van der Waals surface area (Å²) in [4.78, 5) is 14.3. The highest BCUT2D eigenvalue weighted by molar-refractivity contribution is 5.82. The zero-order valence-corrected chi connectivity index (χ0v) is 12.8. The van der Waals surface area contributed by atoms with E-state index in [0.29, 0.717) is 23.3 Å². The van der Waals surface area contributed by atoms with Crippen LogP contribution < -0.4 is 10.2 Å². The van der Waals surface area contributed by atoms with Crippen molar-refractivity contribution in [1.29, 1.82) is 0 Å². The molecule has 0 amide bonds. The van der Waals surface area contributed by atoms with E-state index in [-0.39, 0.29) is 5.43 Å². The van der Waals surface area contributed by atoms with Crippen molar-refractivity contribution in [3.63, 3.8) is 0 Å². The molecule has 21 heavy (non-hydrogen) atoms. The van der Waals surface area contributed by atoms with Crippen LogP contribution in [0.5, 0.6) is 5.75 Å². The lowest BCUT2D eigenvalue weighted by molar-refractivity contribution is 0.267. The van der Waals surface area contributed by atoms with Crippen LogP contribution in [0.15, 0.2) is 39.7 Å². The van der Waals surface area contributed by atoms with E-state index in [0.717, 1.165) is 32.5 Å². The summed E-state index contributed by atoms with van der Waals surface area (Å²) in [6.07, 6.45) is 3.49. The van der Waals surface area contributed by atoms with Gasteiger partial charge in [-0.05, 0) is 44.6 Å². The highest BCUT2D eigenvalue weighted by Crippen LogP contribution is 2.22. The van der Waals surface area contributed by atoms with Crippen LogP contribution in [0.3, 0.4) is 0 Å². The van der Waals surface area contributed by atoms with Crippen molar-refractivity contribution in [1.82, 2.24) is 4.90 Å². The molecule has 2 rings (SSSR count). The summed E-state index contributed by atoms with van der Waals surface area (Å²) in [7, 11) is 0. The Hall–Kier alpha value is -1.81. The molecule has 0 saturated heterocycles. The van der Waals surface area contributed by atoms with Crippen molar-refractivity contribution >= 4 is 11.0 Å². The Bertz CT molecular complexity index is 611. The van der Waals surface area contributed by atoms with E-state index in [1.807, 2.05) is 12.1 Å². The fourth-order valence-electron chi connectivity index (χ4n) is 2.38. The SMILES string of the molecule is CCN(CC)CCCCOc1cccc2occc(=O)c12. The molecule has 0 spiro atoms. The van der Waals surface area contributed by atoms with E-state index in [2.05, 4.69) is 18.7 Å². The number of rotatable bonds is 8. The van der Waals surface area contributed by atoms with E-state index < -0.39 is 0 Å². The molecule has 2 aromatic rings. The van der Waals surface area contributed by atoms with Gasteiger partial charge in [0, 0.05) is 6.07 Å². The van der Waals surface area contributed by atoms with E-state index in [4.69, 9.17) is 9.15 Å². The van der Waals surface area contributed by atoms with Crippen LogP contribution in [0.4, 0.5) is 0 Å². The molecule has 114 valence electrons. The van der Waals surface area contributed by atoms with Gasteiger partial charge in [0.1, 0.15) is 16.7 Å². The van der Waals surface area contributed by atoms with Crippen molar-refractivity contribution < 1.29 is 9.15 Å². The summed E-state index contributed by atoms with van der Waals surface area (Å²) in [6, 6.07) is 6.87. The maximum Gasteiger partial charge on any atom is 0.196 e. The van der Waals surface area contributed by atoms with Gasteiger partial charge in [-0.3, -0.25) is 4.79 Å². The lowest BCUT2D eigenvalue weighted by Crippen LogP contribution is -2.24. The van der Waals surface area contributed by atoms with Gasteiger partial charge in [-0.2, -0.15) is 0 Å². The first-order valence-electron chi connectivity index (χ1n) is 7.62. The highest BCUT2D eigenvalue weighted by Gasteiger charge is 2.07. The molecule has 0 aliphatic rings. The second-order valence-corrected chi connectivity index (χ2v) is 5.00. The first-order chi connectivity index (χ1) is 10.3. The Kier molecular flexibility index (Phi) is 5.81. The minimum absolute atomic E-state index is 0.0602. The molecule has 0 fully saturated rings. The Labute approximate surface area is 125 Å². The van der Waals surface area contributed by atoms with Crippen molar-refractivity contribution in [3.05, 3.63) is 40.8 Å². The van der Waals surface area contributed by atoms with Crippen molar-refractivity contribution in [2.45, 2.75) is 26.7 Å². The van der Waals surface area contributed by atoms with Crippen molar-refractivity contribution in [3.8, 4) is 5.75 Å². The van der Waals surface area contributed by atoms with E-state index in [1.165, 1.54) is 12.3 Å². The Morgan fingerprint density at radius 1 is 1.14 bits per heavy atom. The maximum absolute atomic E-state index is 11.9. The molecule has 0 saturated carbocycles. The zero-order chi connectivity index (χ0) is 15.1. The van der Waals surface area contributed by atoms with Gasteiger partial charge in [-0.15, -0.1) is 0 Å². The number of fused-ring (bicyclic) bond motifs is 1. The lowest BCUT2D eigenvalue weighted by Gasteiger charge is -2.17. The van der Waals surface area contributed by atoms with Crippen LogP contribution in [0.25, 0.3) is 11.0 Å². The Morgan fingerprint density at radius 3 is 2.71 bits per heavy atom. The normalized spacial score (nSPS) is 11.2. The second-order valence-electron chi connectivity index (χ2n) is 5.00. The van der Waals surface area contributed by atoms with Gasteiger partial charge < -0.3 is 14.1 Å². The van der Waals surface area contributed by atoms with Crippen LogP contribution in [-0.2, 0) is 0 Å². The van der Waals surface area contributed by atoms with Gasteiger partial charge in [0.25, 0.3) is 0 Å². The minimum atomic E-state index is -0.0602. The minimum Gasteiger partial charge on any atom is -0.493 e. The molecule has 1 heterocycles. The maximum atomic E-state index is 11.9. The lowest BCUT2D eigenvalue weighted by atomic mass is 10.2. The summed E-state index contributed by atoms with van der Waals surface area (Å²) >= 11 is 0. The van der Waals surface area contributed by atoms with Gasteiger partial charge in [0.2, 0.25) is 0 Å². The monoisotopic (exact) mass is 289 g/mol. The van der Waals surface area contributed by atoms with Crippen LogP contribution in [0, 0.1) is 0 Å². The van der Waals surface area contributed by atoms with Gasteiger partial charge in [-0.25, -0.2) is 0 Å². The first-order valence-corrected chi connectivity index (χ1v) is 7.62. The first kappa shape index (κ1) is 15.6.